The van der Waals surface area contributed by atoms with Gasteiger partial charge in [0.1, 0.15) is 11.9 Å². The van der Waals surface area contributed by atoms with Crippen LogP contribution in [0.25, 0.3) is 0 Å². The summed E-state index contributed by atoms with van der Waals surface area (Å²) in [5.41, 5.74) is 0.433. The van der Waals surface area contributed by atoms with Gasteiger partial charge in [0.2, 0.25) is 0 Å². The molecule has 0 saturated carbocycles. The van der Waals surface area contributed by atoms with E-state index in [0.29, 0.717) is 5.56 Å². The maximum Gasteiger partial charge on any atom is 0.326 e. The minimum absolute atomic E-state index is 0.138. The Morgan fingerprint density at radius 3 is 2.62 bits per heavy atom. The first-order valence-corrected chi connectivity index (χ1v) is 6.21. The maximum absolute atomic E-state index is 13.6. The van der Waals surface area contributed by atoms with E-state index in [4.69, 9.17) is 5.11 Å². The average molecular weight is 297 g/mol. The summed E-state index contributed by atoms with van der Waals surface area (Å²) in [6.07, 6.45) is -0.300. The standard InChI is InChI=1S/C14H16FNO5/c1-8-3-4-10(15)9(7-8)13(18)16-11(14(19)20)5-6-12(17)21-2/h3-4,7,11H,5-6H2,1-2H3,(H,16,18)(H,19,20). The minimum Gasteiger partial charge on any atom is -0.480 e. The summed E-state index contributed by atoms with van der Waals surface area (Å²) in [6, 6.07) is 2.66. The first-order chi connectivity index (χ1) is 9.85. The Labute approximate surface area is 120 Å². The highest BCUT2D eigenvalue weighted by Gasteiger charge is 2.23. The molecule has 0 heterocycles. The lowest BCUT2D eigenvalue weighted by Gasteiger charge is -2.14. The zero-order valence-electron chi connectivity index (χ0n) is 11.7. The van der Waals surface area contributed by atoms with Gasteiger partial charge in [-0.05, 0) is 25.5 Å². The van der Waals surface area contributed by atoms with Crippen LogP contribution in [0.3, 0.4) is 0 Å². The van der Waals surface area contributed by atoms with Crippen molar-refractivity contribution in [2.24, 2.45) is 0 Å². The summed E-state index contributed by atoms with van der Waals surface area (Å²) in [5, 5.41) is 11.2. The molecule has 1 amide bonds. The van der Waals surface area contributed by atoms with Crippen LogP contribution in [0.1, 0.15) is 28.8 Å². The number of halogens is 1. The van der Waals surface area contributed by atoms with Gasteiger partial charge in [0.15, 0.2) is 0 Å². The Balaban J connectivity index is 2.79. The summed E-state index contributed by atoms with van der Waals surface area (Å²) in [5.74, 6) is -3.47. The van der Waals surface area contributed by atoms with Crippen molar-refractivity contribution in [2.45, 2.75) is 25.8 Å². The number of nitrogens with one attached hydrogen (secondary N) is 1. The molecule has 6 nitrogen and oxygen atoms in total. The third-order valence-corrected chi connectivity index (χ3v) is 2.83. The van der Waals surface area contributed by atoms with Crippen molar-refractivity contribution < 1.29 is 28.6 Å². The van der Waals surface area contributed by atoms with E-state index < -0.39 is 29.7 Å². The zero-order chi connectivity index (χ0) is 16.0. The van der Waals surface area contributed by atoms with Gasteiger partial charge < -0.3 is 15.2 Å². The summed E-state index contributed by atoms with van der Waals surface area (Å²) >= 11 is 0. The van der Waals surface area contributed by atoms with Crippen molar-refractivity contribution in [3.8, 4) is 0 Å². The number of hydrogen-bond donors (Lipinski definition) is 2. The summed E-state index contributed by atoms with van der Waals surface area (Å²) in [4.78, 5) is 34.0. The number of aliphatic carboxylic acids is 1. The highest BCUT2D eigenvalue weighted by atomic mass is 19.1. The molecule has 1 rings (SSSR count). The van der Waals surface area contributed by atoms with Crippen molar-refractivity contribution in [1.82, 2.24) is 5.32 Å². The molecule has 0 radical (unpaired) electrons. The number of carbonyl (C=O) groups excluding carboxylic acids is 2. The van der Waals surface area contributed by atoms with Crippen molar-refractivity contribution in [1.29, 1.82) is 0 Å². The number of aryl methyl sites for hydroxylation is 1. The van der Waals surface area contributed by atoms with Crippen LogP contribution >= 0.6 is 0 Å². The fourth-order valence-electron chi connectivity index (χ4n) is 1.67. The van der Waals surface area contributed by atoms with Gasteiger partial charge >= 0.3 is 11.9 Å². The SMILES string of the molecule is COC(=O)CCC(NC(=O)c1cc(C)ccc1F)C(=O)O. The Morgan fingerprint density at radius 2 is 2.05 bits per heavy atom. The Bertz CT molecular complexity index is 558. The van der Waals surface area contributed by atoms with Crippen LogP contribution in [0.2, 0.25) is 0 Å². The van der Waals surface area contributed by atoms with Gasteiger partial charge in [0, 0.05) is 6.42 Å². The predicted octanol–water partition coefficient (Wildman–Crippen LogP) is 1.27. The summed E-state index contributed by atoms with van der Waals surface area (Å²) in [7, 11) is 1.18. The van der Waals surface area contributed by atoms with E-state index in [1.807, 2.05) is 0 Å². The van der Waals surface area contributed by atoms with Gasteiger partial charge in [0.25, 0.3) is 5.91 Å². The molecule has 0 aliphatic carbocycles. The van der Waals surface area contributed by atoms with Crippen molar-refractivity contribution in [3.05, 3.63) is 35.1 Å². The van der Waals surface area contributed by atoms with E-state index in [9.17, 15) is 18.8 Å². The predicted molar refractivity (Wildman–Crippen MR) is 71.3 cm³/mol. The zero-order valence-corrected chi connectivity index (χ0v) is 11.7. The highest BCUT2D eigenvalue weighted by Crippen LogP contribution is 2.11. The monoisotopic (exact) mass is 297 g/mol. The Morgan fingerprint density at radius 1 is 1.38 bits per heavy atom. The number of methoxy groups -OCH3 is 1. The molecule has 0 aromatic heterocycles. The maximum atomic E-state index is 13.6. The molecule has 0 bridgehead atoms. The second-order valence-corrected chi connectivity index (χ2v) is 4.46. The molecule has 1 aromatic rings. The first kappa shape index (κ1) is 16.6. The molecule has 21 heavy (non-hydrogen) atoms. The number of carboxylic acids is 1. The van der Waals surface area contributed by atoms with Crippen molar-refractivity contribution >= 4 is 17.8 Å². The van der Waals surface area contributed by atoms with Gasteiger partial charge in [-0.15, -0.1) is 0 Å². The topological polar surface area (TPSA) is 92.7 Å². The molecule has 1 aromatic carbocycles. The van der Waals surface area contributed by atoms with E-state index >= 15 is 0 Å². The van der Waals surface area contributed by atoms with Crippen LogP contribution in [-0.2, 0) is 14.3 Å². The molecule has 7 heteroatoms. The third kappa shape index (κ3) is 4.87. The normalized spacial score (nSPS) is 11.6. The van der Waals surface area contributed by atoms with Crippen LogP contribution in [0.15, 0.2) is 18.2 Å². The van der Waals surface area contributed by atoms with Gasteiger partial charge in [-0.25, -0.2) is 9.18 Å². The molecule has 0 spiro atoms. The van der Waals surface area contributed by atoms with Gasteiger partial charge in [-0.1, -0.05) is 11.6 Å². The van der Waals surface area contributed by atoms with E-state index in [0.717, 1.165) is 6.07 Å². The number of amides is 1. The number of rotatable bonds is 6. The van der Waals surface area contributed by atoms with Gasteiger partial charge in [-0.2, -0.15) is 0 Å². The van der Waals surface area contributed by atoms with Crippen molar-refractivity contribution in [3.63, 3.8) is 0 Å². The van der Waals surface area contributed by atoms with Gasteiger partial charge in [-0.3, -0.25) is 9.59 Å². The number of carboxylic acid groups (broad SMARTS) is 1. The van der Waals surface area contributed by atoms with Crippen LogP contribution < -0.4 is 5.32 Å². The number of hydrogen-bond acceptors (Lipinski definition) is 4. The smallest absolute Gasteiger partial charge is 0.326 e. The van der Waals surface area contributed by atoms with Gasteiger partial charge in [0.05, 0.1) is 12.7 Å². The minimum atomic E-state index is -1.31. The molecule has 0 fully saturated rings. The van der Waals surface area contributed by atoms with E-state index in [2.05, 4.69) is 10.1 Å². The third-order valence-electron chi connectivity index (χ3n) is 2.83. The molecular formula is C14H16FNO5. The molecule has 1 unspecified atom stereocenters. The lowest BCUT2D eigenvalue weighted by Crippen LogP contribution is -2.41. The van der Waals surface area contributed by atoms with Crippen LogP contribution in [0.4, 0.5) is 4.39 Å². The molecular weight excluding hydrogens is 281 g/mol. The summed E-state index contributed by atoms with van der Waals surface area (Å²) < 4.78 is 18.0. The van der Waals surface area contributed by atoms with E-state index in [-0.39, 0.29) is 18.4 Å². The van der Waals surface area contributed by atoms with Crippen LogP contribution in [0, 0.1) is 12.7 Å². The fourth-order valence-corrected chi connectivity index (χ4v) is 1.67. The lowest BCUT2D eigenvalue weighted by molar-refractivity contribution is -0.142. The number of benzene rings is 1. The second kappa shape index (κ2) is 7.37. The van der Waals surface area contributed by atoms with Crippen LogP contribution in [0.5, 0.6) is 0 Å². The number of ether oxygens (including phenoxy) is 1. The highest BCUT2D eigenvalue weighted by molar-refractivity contribution is 5.97. The molecule has 0 saturated heterocycles. The van der Waals surface area contributed by atoms with E-state index in [1.165, 1.54) is 19.2 Å². The van der Waals surface area contributed by atoms with Crippen molar-refractivity contribution in [2.75, 3.05) is 7.11 Å². The second-order valence-electron chi connectivity index (χ2n) is 4.46. The number of carbonyl (C=O) groups is 3. The first-order valence-electron chi connectivity index (χ1n) is 6.21. The molecule has 0 aliphatic heterocycles. The molecule has 1 atom stereocenters. The van der Waals surface area contributed by atoms with E-state index in [1.54, 1.807) is 6.92 Å². The van der Waals surface area contributed by atoms with Crippen LogP contribution in [-0.4, -0.2) is 36.1 Å². The fraction of sp³-hybridized carbons (Fsp3) is 0.357. The summed E-state index contributed by atoms with van der Waals surface area (Å²) in [6.45, 7) is 1.68. The molecule has 0 aliphatic rings. The number of esters is 1. The Kier molecular flexibility index (Phi) is 5.83. The molecule has 114 valence electrons. The quantitative estimate of drug-likeness (QED) is 0.771. The molecule has 2 N–H and O–H groups in total. The Hall–Kier alpha value is -2.44. The average Bonchev–Trinajstić information content (AvgIpc) is 2.44. The largest absolute Gasteiger partial charge is 0.480 e. The lowest BCUT2D eigenvalue weighted by atomic mass is 10.1.